The fraction of sp³-hybridized carbons (Fsp3) is 0.200. The minimum Gasteiger partial charge on any atom is -0.483 e. The van der Waals surface area contributed by atoms with Crippen molar-refractivity contribution in [3.63, 3.8) is 0 Å². The number of aliphatic imine (C=N–C) groups is 1. The van der Waals surface area contributed by atoms with Crippen LogP contribution in [0.2, 0.25) is 0 Å². The number of ether oxygens (including phenoxy) is 2. The van der Waals surface area contributed by atoms with Crippen molar-refractivity contribution in [3.8, 4) is 11.9 Å². The Kier molecular flexibility index (Phi) is 4.31. The summed E-state index contributed by atoms with van der Waals surface area (Å²) in [7, 11) is 0. The van der Waals surface area contributed by atoms with Crippen LogP contribution >= 0.6 is 11.3 Å². The van der Waals surface area contributed by atoms with Crippen molar-refractivity contribution in [2.75, 3.05) is 6.61 Å². The topological polar surface area (TPSA) is 120 Å². The summed E-state index contributed by atoms with van der Waals surface area (Å²) in [6.07, 6.45) is 1.16. The summed E-state index contributed by atoms with van der Waals surface area (Å²) >= 11 is 1.39. The maximum atomic E-state index is 12.3. The zero-order valence-electron chi connectivity index (χ0n) is 12.5. The molecule has 2 aromatic rings. The van der Waals surface area contributed by atoms with E-state index in [0.717, 1.165) is 11.3 Å². The van der Waals surface area contributed by atoms with E-state index in [4.69, 9.17) is 9.47 Å². The molecule has 0 aromatic carbocycles. The Morgan fingerprint density at radius 2 is 2.33 bits per heavy atom. The molecule has 8 nitrogen and oxygen atoms in total. The number of thiophene rings is 1. The fourth-order valence-corrected chi connectivity index (χ4v) is 3.19. The number of nitrogens with zero attached hydrogens (tertiary/aromatic N) is 2. The highest BCUT2D eigenvalue weighted by molar-refractivity contribution is 7.10. The second kappa shape index (κ2) is 6.55. The van der Waals surface area contributed by atoms with Gasteiger partial charge < -0.3 is 9.47 Å². The maximum absolute atomic E-state index is 12.3. The van der Waals surface area contributed by atoms with E-state index in [9.17, 15) is 14.9 Å². The Labute approximate surface area is 139 Å². The van der Waals surface area contributed by atoms with Crippen LogP contribution in [0.5, 0.6) is 5.88 Å². The van der Waals surface area contributed by atoms with Gasteiger partial charge in [-0.2, -0.15) is 10.3 Å². The molecule has 0 saturated heterocycles. The van der Waals surface area contributed by atoms with E-state index in [-0.39, 0.29) is 22.9 Å². The summed E-state index contributed by atoms with van der Waals surface area (Å²) in [5.41, 5.74) is -0.965. The Morgan fingerprint density at radius 1 is 1.50 bits per heavy atom. The van der Waals surface area contributed by atoms with E-state index < -0.39 is 17.2 Å². The van der Waals surface area contributed by atoms with Gasteiger partial charge in [0.15, 0.2) is 6.40 Å². The van der Waals surface area contributed by atoms with Gasteiger partial charge in [-0.1, -0.05) is 6.07 Å². The quantitative estimate of drug-likeness (QED) is 0.642. The number of H-pyrrole nitrogens is 2. The van der Waals surface area contributed by atoms with E-state index >= 15 is 0 Å². The highest BCUT2D eigenvalue weighted by atomic mass is 32.1. The fourth-order valence-electron chi connectivity index (χ4n) is 2.35. The van der Waals surface area contributed by atoms with Crippen molar-refractivity contribution in [3.05, 3.63) is 60.2 Å². The molecule has 0 bridgehead atoms. The van der Waals surface area contributed by atoms with E-state index in [1.807, 2.05) is 17.5 Å². The molecule has 0 saturated carbocycles. The maximum Gasteiger partial charge on any atom is 0.328 e. The number of hydrogen-bond donors (Lipinski definition) is 2. The predicted octanol–water partition coefficient (Wildman–Crippen LogP) is 1.45. The first-order valence-corrected chi connectivity index (χ1v) is 7.89. The number of nitrogens with one attached hydrogen (secondary N) is 2. The average Bonchev–Trinajstić information content (AvgIpc) is 3.07. The van der Waals surface area contributed by atoms with Gasteiger partial charge >= 0.3 is 5.69 Å². The molecular weight excluding hydrogens is 332 g/mol. The highest BCUT2D eigenvalue weighted by Crippen LogP contribution is 2.41. The zero-order valence-corrected chi connectivity index (χ0v) is 13.3. The van der Waals surface area contributed by atoms with Gasteiger partial charge in [-0.25, -0.2) is 4.79 Å². The number of fused-ring (bicyclic) bond motifs is 1. The predicted molar refractivity (Wildman–Crippen MR) is 87.2 cm³/mol. The lowest BCUT2D eigenvalue weighted by atomic mass is 9.90. The van der Waals surface area contributed by atoms with Gasteiger partial charge in [0.05, 0.1) is 18.1 Å². The van der Waals surface area contributed by atoms with Gasteiger partial charge in [0, 0.05) is 4.88 Å². The van der Waals surface area contributed by atoms with Crippen LogP contribution < -0.4 is 16.0 Å². The molecule has 2 N–H and O–H groups in total. The Bertz CT molecular complexity index is 963. The first kappa shape index (κ1) is 15.8. The molecule has 1 aliphatic heterocycles. The molecule has 0 amide bonds. The molecule has 0 radical (unpaired) electrons. The lowest BCUT2D eigenvalue weighted by Gasteiger charge is -2.23. The van der Waals surface area contributed by atoms with E-state index in [1.165, 1.54) is 11.3 Å². The largest absolute Gasteiger partial charge is 0.483 e. The van der Waals surface area contributed by atoms with Gasteiger partial charge in [0.2, 0.25) is 11.8 Å². The Balaban J connectivity index is 2.24. The minimum absolute atomic E-state index is 0.0156. The van der Waals surface area contributed by atoms with Crippen molar-refractivity contribution >= 4 is 17.7 Å². The molecule has 3 rings (SSSR count). The third-order valence-electron chi connectivity index (χ3n) is 3.31. The second-order valence-corrected chi connectivity index (χ2v) is 5.70. The van der Waals surface area contributed by atoms with Crippen molar-refractivity contribution < 1.29 is 9.47 Å². The Morgan fingerprint density at radius 3 is 3.00 bits per heavy atom. The van der Waals surface area contributed by atoms with Gasteiger partial charge in [0.1, 0.15) is 11.6 Å². The third kappa shape index (κ3) is 2.75. The van der Waals surface area contributed by atoms with Crippen molar-refractivity contribution in [2.24, 2.45) is 4.99 Å². The van der Waals surface area contributed by atoms with Gasteiger partial charge in [-0.05, 0) is 18.4 Å². The van der Waals surface area contributed by atoms with E-state index in [2.05, 4.69) is 15.0 Å². The molecular formula is C15H12N4O4S. The summed E-state index contributed by atoms with van der Waals surface area (Å²) in [4.78, 5) is 33.2. The summed E-state index contributed by atoms with van der Waals surface area (Å²) in [6, 6.07) is 5.66. The van der Waals surface area contributed by atoms with Crippen molar-refractivity contribution in [1.82, 2.24) is 9.97 Å². The molecule has 3 heterocycles. The van der Waals surface area contributed by atoms with Crippen LogP contribution in [-0.4, -0.2) is 23.0 Å². The molecule has 0 fully saturated rings. The van der Waals surface area contributed by atoms with Crippen LogP contribution in [0.1, 0.15) is 23.3 Å². The standard InChI is InChI=1S/C15H12N4O4S/c1-2-22-7-17-13-8(6-16)10(9-4-3-5-24-9)11-12(20)18-15(21)19-14(11)23-13/h3-5,7,10H,2H2,1H3,(H2,18,19,20,21). The van der Waals surface area contributed by atoms with Crippen LogP contribution in [0.3, 0.4) is 0 Å². The van der Waals surface area contributed by atoms with E-state index in [1.54, 1.807) is 13.0 Å². The second-order valence-electron chi connectivity index (χ2n) is 4.72. The average molecular weight is 344 g/mol. The smallest absolute Gasteiger partial charge is 0.328 e. The van der Waals surface area contributed by atoms with E-state index in [0.29, 0.717) is 6.61 Å². The summed E-state index contributed by atoms with van der Waals surface area (Å²) in [5, 5.41) is 11.4. The monoisotopic (exact) mass is 344 g/mol. The molecule has 24 heavy (non-hydrogen) atoms. The number of aromatic amines is 2. The van der Waals surface area contributed by atoms with Crippen LogP contribution in [0.25, 0.3) is 0 Å². The van der Waals surface area contributed by atoms with Gasteiger partial charge in [-0.15, -0.1) is 11.3 Å². The first-order chi connectivity index (χ1) is 11.7. The van der Waals surface area contributed by atoms with Crippen LogP contribution in [0.15, 0.2) is 43.6 Å². The Hall–Kier alpha value is -3.12. The van der Waals surface area contributed by atoms with Gasteiger partial charge in [-0.3, -0.25) is 14.8 Å². The zero-order chi connectivity index (χ0) is 17.1. The minimum atomic E-state index is -0.697. The molecule has 1 aliphatic rings. The SMILES string of the molecule is CCOC=NC1=C(C#N)C(c2cccs2)c2c([nH]c(=O)[nH]c2=O)O1. The lowest BCUT2D eigenvalue weighted by Crippen LogP contribution is -2.31. The molecule has 0 spiro atoms. The number of nitriles is 1. The van der Waals surface area contributed by atoms with Crippen LogP contribution in [0, 0.1) is 11.3 Å². The summed E-state index contributed by atoms with van der Waals surface area (Å²) in [5.74, 6) is -0.712. The number of hydrogen-bond acceptors (Lipinski definition) is 7. The van der Waals surface area contributed by atoms with Gasteiger partial charge in [0.25, 0.3) is 5.56 Å². The molecule has 1 atom stereocenters. The third-order valence-corrected chi connectivity index (χ3v) is 4.25. The number of rotatable bonds is 4. The lowest BCUT2D eigenvalue weighted by molar-refractivity contribution is 0.333. The summed E-state index contributed by atoms with van der Waals surface area (Å²) < 4.78 is 10.5. The normalized spacial score (nSPS) is 16.6. The number of allylic oxidation sites excluding steroid dienone is 1. The van der Waals surface area contributed by atoms with Crippen LogP contribution in [-0.2, 0) is 4.74 Å². The first-order valence-electron chi connectivity index (χ1n) is 7.01. The molecule has 0 aliphatic carbocycles. The van der Waals surface area contributed by atoms with Crippen molar-refractivity contribution in [1.29, 1.82) is 5.26 Å². The summed E-state index contributed by atoms with van der Waals surface area (Å²) in [6.45, 7) is 2.19. The van der Waals surface area contributed by atoms with Crippen LogP contribution in [0.4, 0.5) is 0 Å². The number of aromatic nitrogens is 2. The highest BCUT2D eigenvalue weighted by Gasteiger charge is 2.35. The molecule has 2 aromatic heterocycles. The molecule has 122 valence electrons. The van der Waals surface area contributed by atoms with Crippen molar-refractivity contribution in [2.45, 2.75) is 12.8 Å². The molecule has 9 heteroatoms. The molecule has 1 unspecified atom stereocenters.